The van der Waals surface area contributed by atoms with Gasteiger partial charge in [-0.05, 0) is 44.4 Å². The number of rotatable bonds is 5. The van der Waals surface area contributed by atoms with Crippen LogP contribution in [0.4, 0.5) is 17.6 Å². The summed E-state index contributed by atoms with van der Waals surface area (Å²) >= 11 is 0. The summed E-state index contributed by atoms with van der Waals surface area (Å²) < 4.78 is 56.0. The van der Waals surface area contributed by atoms with Crippen LogP contribution in [-0.4, -0.2) is 11.8 Å². The second-order valence-electron chi connectivity index (χ2n) is 7.13. The molecule has 4 heteroatoms. The lowest BCUT2D eigenvalue weighted by Gasteiger charge is -2.37. The number of hydrogen-bond donors (Lipinski definition) is 0. The molecular weight excluding hydrogens is 280 g/mol. The van der Waals surface area contributed by atoms with Crippen molar-refractivity contribution in [1.29, 1.82) is 0 Å². The molecule has 2 aliphatic carbocycles. The first kappa shape index (κ1) is 17.1. The second kappa shape index (κ2) is 6.87. The Balaban J connectivity index is 1.82. The molecular formula is C17H28F4. The minimum atomic E-state index is -2.61. The molecule has 2 rings (SSSR count). The molecule has 0 N–H and O–H groups in total. The molecule has 0 spiro atoms. The molecule has 0 amide bonds. The minimum absolute atomic E-state index is 0.0640. The maximum absolute atomic E-state index is 14.3. The van der Waals surface area contributed by atoms with Crippen molar-refractivity contribution in [3.05, 3.63) is 0 Å². The maximum atomic E-state index is 14.3. The number of alkyl halides is 4. The molecule has 2 fully saturated rings. The van der Waals surface area contributed by atoms with Gasteiger partial charge in [-0.1, -0.05) is 26.2 Å². The number of hydrogen-bond acceptors (Lipinski definition) is 0. The van der Waals surface area contributed by atoms with Crippen LogP contribution < -0.4 is 0 Å². The van der Waals surface area contributed by atoms with Crippen LogP contribution in [0.1, 0.15) is 77.6 Å². The average molecular weight is 308 g/mol. The molecule has 0 heterocycles. The van der Waals surface area contributed by atoms with Gasteiger partial charge in [-0.15, -0.1) is 0 Å². The molecule has 0 atom stereocenters. The van der Waals surface area contributed by atoms with Gasteiger partial charge in [-0.25, -0.2) is 17.6 Å². The quantitative estimate of drug-likeness (QED) is 0.512. The highest BCUT2D eigenvalue weighted by molar-refractivity contribution is 4.87. The summed E-state index contributed by atoms with van der Waals surface area (Å²) in [4.78, 5) is 0. The van der Waals surface area contributed by atoms with Crippen molar-refractivity contribution < 1.29 is 17.6 Å². The van der Waals surface area contributed by atoms with Gasteiger partial charge in [0.05, 0.1) is 0 Å². The Kier molecular flexibility index (Phi) is 5.59. The predicted molar refractivity (Wildman–Crippen MR) is 76.8 cm³/mol. The van der Waals surface area contributed by atoms with Gasteiger partial charge in [0.25, 0.3) is 11.8 Å². The second-order valence-corrected chi connectivity index (χ2v) is 7.13. The lowest BCUT2D eigenvalue weighted by atomic mass is 9.74. The third kappa shape index (κ3) is 4.35. The fourth-order valence-corrected chi connectivity index (χ4v) is 4.15. The predicted octanol–water partition coefficient (Wildman–Crippen LogP) is 6.44. The van der Waals surface area contributed by atoms with Gasteiger partial charge in [0.1, 0.15) is 0 Å². The fourth-order valence-electron chi connectivity index (χ4n) is 4.15. The zero-order valence-electron chi connectivity index (χ0n) is 13.0. The molecule has 21 heavy (non-hydrogen) atoms. The molecule has 0 aromatic rings. The standard InChI is InChI=1S/C17H28F4/c1-2-16(18,19)15-10-8-13(9-11-15)12-17(20,21)14-6-4-3-5-7-14/h13-15H,2-12H2,1H3. The first-order valence-corrected chi connectivity index (χ1v) is 8.61. The van der Waals surface area contributed by atoms with Gasteiger partial charge in [0.15, 0.2) is 0 Å². The van der Waals surface area contributed by atoms with E-state index in [-0.39, 0.29) is 18.8 Å². The summed E-state index contributed by atoms with van der Waals surface area (Å²) in [5.41, 5.74) is 0. The zero-order chi connectivity index (χ0) is 15.5. The highest BCUT2D eigenvalue weighted by Gasteiger charge is 2.44. The van der Waals surface area contributed by atoms with Gasteiger partial charge in [0, 0.05) is 24.7 Å². The van der Waals surface area contributed by atoms with E-state index in [9.17, 15) is 17.6 Å². The molecule has 2 saturated carbocycles. The maximum Gasteiger partial charge on any atom is 0.251 e. The Morgan fingerprint density at radius 2 is 1.24 bits per heavy atom. The van der Waals surface area contributed by atoms with E-state index in [2.05, 4.69) is 0 Å². The van der Waals surface area contributed by atoms with Crippen LogP contribution in [0.15, 0.2) is 0 Å². The molecule has 0 nitrogen and oxygen atoms in total. The first-order chi connectivity index (χ1) is 9.85. The molecule has 0 aromatic carbocycles. The Morgan fingerprint density at radius 3 is 1.76 bits per heavy atom. The van der Waals surface area contributed by atoms with Crippen molar-refractivity contribution in [3.63, 3.8) is 0 Å². The molecule has 2 aliphatic rings. The van der Waals surface area contributed by atoms with E-state index < -0.39 is 23.7 Å². The van der Waals surface area contributed by atoms with E-state index in [0.717, 1.165) is 19.3 Å². The van der Waals surface area contributed by atoms with E-state index in [1.807, 2.05) is 0 Å². The summed E-state index contributed by atoms with van der Waals surface area (Å²) in [6.45, 7) is 1.50. The Labute approximate surface area is 125 Å². The van der Waals surface area contributed by atoms with E-state index in [1.165, 1.54) is 6.92 Å². The molecule has 124 valence electrons. The van der Waals surface area contributed by atoms with E-state index >= 15 is 0 Å². The molecule has 0 aromatic heterocycles. The summed E-state index contributed by atoms with van der Waals surface area (Å²) in [6, 6.07) is 0. The van der Waals surface area contributed by atoms with Crippen molar-refractivity contribution in [2.24, 2.45) is 17.8 Å². The fraction of sp³-hybridized carbons (Fsp3) is 1.00. The van der Waals surface area contributed by atoms with Crippen LogP contribution >= 0.6 is 0 Å². The zero-order valence-corrected chi connectivity index (χ0v) is 13.0. The first-order valence-electron chi connectivity index (χ1n) is 8.61. The van der Waals surface area contributed by atoms with Crippen molar-refractivity contribution >= 4 is 0 Å². The minimum Gasteiger partial charge on any atom is -0.207 e. The van der Waals surface area contributed by atoms with Crippen LogP contribution in [0.2, 0.25) is 0 Å². The topological polar surface area (TPSA) is 0 Å². The molecule has 0 aliphatic heterocycles. The molecule has 0 unspecified atom stereocenters. The van der Waals surface area contributed by atoms with Crippen molar-refractivity contribution in [3.8, 4) is 0 Å². The van der Waals surface area contributed by atoms with Crippen LogP contribution in [0.3, 0.4) is 0 Å². The van der Waals surface area contributed by atoms with Gasteiger partial charge in [-0.2, -0.15) is 0 Å². The largest absolute Gasteiger partial charge is 0.251 e. The van der Waals surface area contributed by atoms with Gasteiger partial charge in [0.2, 0.25) is 0 Å². The lowest BCUT2D eigenvalue weighted by Crippen LogP contribution is -2.35. The highest BCUT2D eigenvalue weighted by atomic mass is 19.3. The SMILES string of the molecule is CCC(F)(F)C1CCC(CC(F)(F)C2CCCCC2)CC1. The normalized spacial score (nSPS) is 29.6. The monoisotopic (exact) mass is 308 g/mol. The molecule has 0 bridgehead atoms. The summed E-state index contributed by atoms with van der Waals surface area (Å²) in [6.07, 6.45) is 5.86. The van der Waals surface area contributed by atoms with E-state index in [0.29, 0.717) is 38.5 Å². The summed E-state index contributed by atoms with van der Waals surface area (Å²) in [5, 5.41) is 0. The van der Waals surface area contributed by atoms with Crippen LogP contribution in [0.5, 0.6) is 0 Å². The van der Waals surface area contributed by atoms with E-state index in [4.69, 9.17) is 0 Å². The summed E-state index contributed by atoms with van der Waals surface area (Å²) in [5.74, 6) is -6.34. The Morgan fingerprint density at radius 1 is 0.714 bits per heavy atom. The van der Waals surface area contributed by atoms with Crippen LogP contribution in [0, 0.1) is 17.8 Å². The van der Waals surface area contributed by atoms with E-state index in [1.54, 1.807) is 0 Å². The van der Waals surface area contributed by atoms with Gasteiger partial charge < -0.3 is 0 Å². The highest BCUT2D eigenvalue weighted by Crippen LogP contribution is 2.46. The molecule has 0 saturated heterocycles. The number of halogens is 4. The average Bonchev–Trinajstić information content (AvgIpc) is 2.48. The van der Waals surface area contributed by atoms with Crippen molar-refractivity contribution in [1.82, 2.24) is 0 Å². The smallest absolute Gasteiger partial charge is 0.207 e. The molecule has 0 radical (unpaired) electrons. The summed E-state index contributed by atoms with van der Waals surface area (Å²) in [7, 11) is 0. The van der Waals surface area contributed by atoms with Gasteiger partial charge in [-0.3, -0.25) is 0 Å². The third-order valence-corrected chi connectivity index (χ3v) is 5.68. The Bertz CT molecular complexity index is 313. The van der Waals surface area contributed by atoms with Gasteiger partial charge >= 0.3 is 0 Å². The third-order valence-electron chi connectivity index (χ3n) is 5.68. The van der Waals surface area contributed by atoms with Crippen molar-refractivity contribution in [2.45, 2.75) is 89.4 Å². The Hall–Kier alpha value is -0.280. The van der Waals surface area contributed by atoms with Crippen LogP contribution in [-0.2, 0) is 0 Å². The van der Waals surface area contributed by atoms with Crippen molar-refractivity contribution in [2.75, 3.05) is 0 Å². The van der Waals surface area contributed by atoms with Crippen LogP contribution in [0.25, 0.3) is 0 Å². The lowest BCUT2D eigenvalue weighted by molar-refractivity contribution is -0.105.